The van der Waals surface area contributed by atoms with Crippen molar-refractivity contribution in [2.24, 2.45) is 0 Å². The number of aliphatic hydroxyl groups excluding tert-OH is 1. The molecule has 0 aromatic heterocycles. The second kappa shape index (κ2) is 9.63. The van der Waals surface area contributed by atoms with Crippen molar-refractivity contribution in [1.29, 1.82) is 0 Å². The van der Waals surface area contributed by atoms with Gasteiger partial charge in [-0.05, 0) is 45.9 Å². The summed E-state index contributed by atoms with van der Waals surface area (Å²) in [6.45, 7) is 0. The minimum atomic E-state index is -3.22. The van der Waals surface area contributed by atoms with Gasteiger partial charge in [-0.1, -0.05) is 18.2 Å². The summed E-state index contributed by atoms with van der Waals surface area (Å²) in [5.74, 6) is 0.322. The zero-order chi connectivity index (χ0) is 11.6. The third-order valence-electron chi connectivity index (χ3n) is 0.756. The summed E-state index contributed by atoms with van der Waals surface area (Å²) >= 11 is 13.8. The molecule has 82 valence electrons. The van der Waals surface area contributed by atoms with E-state index in [0.29, 0.717) is 5.75 Å². The zero-order valence-electron chi connectivity index (χ0n) is 7.27. The van der Waals surface area contributed by atoms with Gasteiger partial charge in [0.15, 0.2) is 0 Å². The molecule has 0 unspecified atom stereocenters. The molecule has 0 saturated heterocycles. The van der Waals surface area contributed by atoms with Gasteiger partial charge in [0.1, 0.15) is 5.75 Å². The summed E-state index contributed by atoms with van der Waals surface area (Å²) in [5.41, 5.74) is 0. The van der Waals surface area contributed by atoms with E-state index in [1.54, 1.807) is 24.3 Å². The predicted molar refractivity (Wildman–Crippen MR) is 61.4 cm³/mol. The number of aromatic hydroxyl groups is 1. The van der Waals surface area contributed by atoms with Crippen LogP contribution in [0.15, 0.2) is 30.3 Å². The third kappa shape index (κ3) is 22.7. The van der Waals surface area contributed by atoms with Crippen molar-refractivity contribution >= 4 is 38.9 Å². The summed E-state index contributed by atoms with van der Waals surface area (Å²) < 4.78 is 9.51. The Bertz CT molecular complexity index is 254. The van der Waals surface area contributed by atoms with Gasteiger partial charge < -0.3 is 10.2 Å². The number of phenols is 1. The van der Waals surface area contributed by atoms with Crippen LogP contribution in [0.4, 0.5) is 0 Å². The number of phenolic OH excluding ortho intramolecular Hbond substituents is 1. The molecule has 1 rings (SSSR count). The third-order valence-corrected chi connectivity index (χ3v) is 0.756. The highest BCUT2D eigenvalue weighted by Gasteiger charge is 2.02. The van der Waals surface area contributed by atoms with Gasteiger partial charge in [-0.15, -0.1) is 0 Å². The molecular formula is C7H10Cl3O3P. The first-order valence-electron chi connectivity index (χ1n) is 3.27. The summed E-state index contributed by atoms with van der Waals surface area (Å²) in [7, 11) is 1.00. The van der Waals surface area contributed by atoms with Crippen LogP contribution < -0.4 is 0 Å². The lowest BCUT2D eigenvalue weighted by molar-refractivity contribution is 0.399. The van der Waals surface area contributed by atoms with Crippen LogP contribution in [0.3, 0.4) is 0 Å². The average Bonchev–Trinajstić information content (AvgIpc) is 2.06. The molecule has 14 heavy (non-hydrogen) atoms. The maximum atomic E-state index is 9.51. The van der Waals surface area contributed by atoms with E-state index in [4.69, 9.17) is 10.2 Å². The molecule has 0 aliphatic carbocycles. The van der Waals surface area contributed by atoms with E-state index in [1.165, 1.54) is 0 Å². The van der Waals surface area contributed by atoms with Crippen LogP contribution in [0.2, 0.25) is 0 Å². The first-order valence-corrected chi connectivity index (χ1v) is 7.69. The molecule has 3 nitrogen and oxygen atoms in total. The Morgan fingerprint density at radius 1 is 1.07 bits per heavy atom. The number of para-hydroxylation sites is 1. The Balaban J connectivity index is 0. The Morgan fingerprint density at radius 3 is 1.50 bits per heavy atom. The smallest absolute Gasteiger partial charge is 0.339 e. The van der Waals surface area contributed by atoms with Crippen molar-refractivity contribution in [2.45, 2.75) is 0 Å². The normalized spacial score (nSPS) is 8.93. The van der Waals surface area contributed by atoms with Crippen molar-refractivity contribution < 1.29 is 14.8 Å². The lowest BCUT2D eigenvalue weighted by atomic mass is 10.3. The van der Waals surface area contributed by atoms with Crippen molar-refractivity contribution in [1.82, 2.24) is 0 Å². The fraction of sp³-hybridized carbons (Fsp3) is 0.143. The molecule has 1 aromatic carbocycles. The molecule has 0 radical (unpaired) electrons. The maximum Gasteiger partial charge on any atom is 0.339 e. The molecule has 0 heterocycles. The SMILES string of the molecule is CO.O=P(Cl)(Cl)Cl.Oc1ccccc1. The van der Waals surface area contributed by atoms with Crippen LogP contribution in [-0.4, -0.2) is 17.3 Å². The average molecular weight is 279 g/mol. The van der Waals surface area contributed by atoms with E-state index >= 15 is 0 Å². The molecule has 0 amide bonds. The van der Waals surface area contributed by atoms with Gasteiger partial charge in [-0.2, -0.15) is 0 Å². The molecule has 0 aliphatic heterocycles. The number of benzene rings is 1. The zero-order valence-corrected chi connectivity index (χ0v) is 10.4. The number of hydrogen-bond acceptors (Lipinski definition) is 3. The van der Waals surface area contributed by atoms with Gasteiger partial charge in [-0.3, -0.25) is 4.57 Å². The fourth-order valence-electron chi connectivity index (χ4n) is 0.428. The predicted octanol–water partition coefficient (Wildman–Crippen LogP) is 3.81. The number of halogens is 3. The van der Waals surface area contributed by atoms with Gasteiger partial charge >= 0.3 is 5.20 Å². The van der Waals surface area contributed by atoms with Crippen LogP contribution >= 0.6 is 38.9 Å². The molecule has 2 N–H and O–H groups in total. The van der Waals surface area contributed by atoms with E-state index in [0.717, 1.165) is 7.11 Å². The summed E-state index contributed by atoms with van der Waals surface area (Å²) in [4.78, 5) is 0. The molecule has 0 fully saturated rings. The Labute approximate surface area is 97.0 Å². The van der Waals surface area contributed by atoms with E-state index in [2.05, 4.69) is 33.7 Å². The van der Waals surface area contributed by atoms with Gasteiger partial charge in [0.2, 0.25) is 0 Å². The van der Waals surface area contributed by atoms with Crippen LogP contribution in [0, 0.1) is 0 Å². The van der Waals surface area contributed by atoms with Crippen LogP contribution in [0.5, 0.6) is 5.75 Å². The van der Waals surface area contributed by atoms with Gasteiger partial charge in [-0.25, -0.2) is 0 Å². The van der Waals surface area contributed by atoms with Gasteiger partial charge in [0, 0.05) is 7.11 Å². The minimum absolute atomic E-state index is 0.322. The number of hydrogen-bond donors (Lipinski definition) is 2. The second-order valence-electron chi connectivity index (χ2n) is 1.73. The van der Waals surface area contributed by atoms with E-state index in [-0.39, 0.29) is 0 Å². The highest BCUT2D eigenvalue weighted by molar-refractivity contribution is 8.24. The Hall–Kier alpha value is 0.0800. The second-order valence-corrected chi connectivity index (χ2v) is 8.37. The van der Waals surface area contributed by atoms with E-state index in [9.17, 15) is 4.57 Å². The number of rotatable bonds is 0. The summed E-state index contributed by atoms with van der Waals surface area (Å²) in [5, 5.41) is 12.4. The van der Waals surface area contributed by atoms with Crippen molar-refractivity contribution in [3.8, 4) is 5.75 Å². The molecule has 0 aliphatic rings. The van der Waals surface area contributed by atoms with Crippen molar-refractivity contribution in [2.75, 3.05) is 7.11 Å². The fourth-order valence-corrected chi connectivity index (χ4v) is 0.428. The molecule has 0 bridgehead atoms. The quantitative estimate of drug-likeness (QED) is 0.710. The molecule has 7 heteroatoms. The lowest BCUT2D eigenvalue weighted by Gasteiger charge is -1.82. The Morgan fingerprint density at radius 2 is 1.36 bits per heavy atom. The van der Waals surface area contributed by atoms with Gasteiger partial charge in [0.05, 0.1) is 0 Å². The standard InChI is InChI=1S/C6H6O.CH4O.Cl3OP/c7-6-4-2-1-3-5-6;1-2;1-5(2,3)4/h1-5,7H;2H,1H3;. The van der Waals surface area contributed by atoms with Crippen molar-refractivity contribution in [3.63, 3.8) is 0 Å². The monoisotopic (exact) mass is 278 g/mol. The molecule has 0 spiro atoms. The van der Waals surface area contributed by atoms with Crippen LogP contribution in [0.25, 0.3) is 0 Å². The first-order chi connectivity index (χ1) is 6.39. The largest absolute Gasteiger partial charge is 0.508 e. The Kier molecular flexibility index (Phi) is 11.4. The van der Waals surface area contributed by atoms with E-state index in [1.807, 2.05) is 6.07 Å². The number of aliphatic hydroxyl groups is 1. The topological polar surface area (TPSA) is 57.5 Å². The van der Waals surface area contributed by atoms with Crippen LogP contribution in [-0.2, 0) is 4.57 Å². The molecule has 0 atom stereocenters. The minimum Gasteiger partial charge on any atom is -0.508 e. The van der Waals surface area contributed by atoms with Gasteiger partial charge in [0.25, 0.3) is 0 Å². The highest BCUT2D eigenvalue weighted by atomic mass is 36.0. The lowest BCUT2D eigenvalue weighted by Crippen LogP contribution is -1.56. The van der Waals surface area contributed by atoms with E-state index < -0.39 is 5.20 Å². The van der Waals surface area contributed by atoms with Crippen LogP contribution in [0.1, 0.15) is 0 Å². The summed E-state index contributed by atoms with van der Waals surface area (Å²) in [6, 6.07) is 8.71. The van der Waals surface area contributed by atoms with Crippen molar-refractivity contribution in [3.05, 3.63) is 30.3 Å². The molecule has 0 saturated carbocycles. The maximum absolute atomic E-state index is 9.51. The molecular weight excluding hydrogens is 269 g/mol. The summed E-state index contributed by atoms with van der Waals surface area (Å²) in [6.07, 6.45) is 0. The first kappa shape index (κ1) is 16.5. The highest BCUT2D eigenvalue weighted by Crippen LogP contribution is 2.61. The molecule has 1 aromatic rings.